The van der Waals surface area contributed by atoms with E-state index in [1.165, 1.54) is 0 Å². The van der Waals surface area contributed by atoms with Crippen LogP contribution >= 0.6 is 20.0 Å². The molecule has 1 unspecified atom stereocenters. The third-order valence-corrected chi connectivity index (χ3v) is 6.87. The molecule has 0 aromatic heterocycles. The van der Waals surface area contributed by atoms with Crippen molar-refractivity contribution in [2.24, 2.45) is 5.73 Å². The van der Waals surface area contributed by atoms with E-state index in [4.69, 9.17) is 19.5 Å². The van der Waals surface area contributed by atoms with Crippen molar-refractivity contribution in [3.8, 4) is 0 Å². The molecule has 1 aliphatic heterocycles. The number of rotatable bonds is 9. The standard InChI is InChI=1S/C20H32N3O6P.ClH/c1-4-27-20(25)23-13-11-22(12-14-23)19(24)18(21)15-16-7-9-17(10-8-16)30(26,28-5-2)29-6-3;/h7-10,18H,4-6,11-15,21H2,1-3H3;1H. The van der Waals surface area contributed by atoms with Crippen LogP contribution in [0.25, 0.3) is 0 Å². The molecule has 0 spiro atoms. The first-order valence-electron chi connectivity index (χ1n) is 10.3. The molecule has 0 aliphatic carbocycles. The summed E-state index contributed by atoms with van der Waals surface area (Å²) in [5.74, 6) is -0.156. The van der Waals surface area contributed by atoms with Crippen molar-refractivity contribution in [1.29, 1.82) is 0 Å². The zero-order chi connectivity index (χ0) is 22.1. The number of hydrogen-bond donors (Lipinski definition) is 1. The van der Waals surface area contributed by atoms with Gasteiger partial charge in [0.05, 0.1) is 31.2 Å². The summed E-state index contributed by atoms with van der Waals surface area (Å²) >= 11 is 0. The summed E-state index contributed by atoms with van der Waals surface area (Å²) in [6.45, 7) is 7.87. The van der Waals surface area contributed by atoms with Crippen LogP contribution in [0.1, 0.15) is 26.3 Å². The van der Waals surface area contributed by atoms with E-state index in [1.807, 2.05) is 0 Å². The molecule has 1 atom stereocenters. The highest BCUT2D eigenvalue weighted by Gasteiger charge is 2.29. The molecule has 1 aromatic rings. The summed E-state index contributed by atoms with van der Waals surface area (Å²) in [5.41, 5.74) is 6.99. The lowest BCUT2D eigenvalue weighted by atomic mass is 10.1. The van der Waals surface area contributed by atoms with Crippen molar-refractivity contribution in [2.75, 3.05) is 46.0 Å². The van der Waals surface area contributed by atoms with E-state index in [9.17, 15) is 14.2 Å². The second-order valence-electron chi connectivity index (χ2n) is 6.82. The van der Waals surface area contributed by atoms with Crippen LogP contribution in [-0.4, -0.2) is 73.8 Å². The number of ether oxygens (including phenoxy) is 1. The molecule has 1 heterocycles. The van der Waals surface area contributed by atoms with Crippen LogP contribution in [0.2, 0.25) is 0 Å². The maximum atomic E-state index is 12.8. The quantitative estimate of drug-likeness (QED) is 0.542. The molecular weight excluding hydrogens is 445 g/mol. The first kappa shape index (κ1) is 27.4. The van der Waals surface area contributed by atoms with Gasteiger partial charge in [-0.2, -0.15) is 0 Å². The minimum atomic E-state index is -3.33. The molecule has 1 fully saturated rings. The van der Waals surface area contributed by atoms with E-state index >= 15 is 0 Å². The molecule has 31 heavy (non-hydrogen) atoms. The highest BCUT2D eigenvalue weighted by molar-refractivity contribution is 7.62. The lowest BCUT2D eigenvalue weighted by Crippen LogP contribution is -2.54. The fourth-order valence-electron chi connectivity index (χ4n) is 3.24. The molecule has 0 saturated carbocycles. The Morgan fingerprint density at radius 1 is 0.968 bits per heavy atom. The minimum Gasteiger partial charge on any atom is -0.450 e. The summed E-state index contributed by atoms with van der Waals surface area (Å²) in [7, 11) is -3.33. The predicted octanol–water partition coefficient (Wildman–Crippen LogP) is 2.17. The van der Waals surface area contributed by atoms with Crippen molar-refractivity contribution in [2.45, 2.75) is 33.2 Å². The summed E-state index contributed by atoms with van der Waals surface area (Å²) in [5, 5.41) is 0.477. The minimum absolute atomic E-state index is 0. The van der Waals surface area contributed by atoms with Crippen molar-refractivity contribution >= 4 is 37.3 Å². The maximum absolute atomic E-state index is 12.8. The highest BCUT2D eigenvalue weighted by atomic mass is 35.5. The van der Waals surface area contributed by atoms with E-state index in [2.05, 4.69) is 0 Å². The Bertz CT molecular complexity index is 746. The molecular formula is C20H33ClN3O6P. The lowest BCUT2D eigenvalue weighted by molar-refractivity contribution is -0.134. The van der Waals surface area contributed by atoms with Crippen LogP contribution in [0.5, 0.6) is 0 Å². The van der Waals surface area contributed by atoms with Crippen LogP contribution in [0.4, 0.5) is 4.79 Å². The average molecular weight is 478 g/mol. The largest absolute Gasteiger partial charge is 0.450 e. The van der Waals surface area contributed by atoms with Crippen LogP contribution < -0.4 is 11.0 Å². The number of nitrogens with zero attached hydrogens (tertiary/aromatic N) is 2. The van der Waals surface area contributed by atoms with Crippen molar-refractivity contribution in [3.05, 3.63) is 29.8 Å². The number of carbonyl (C=O) groups excluding carboxylic acids is 2. The summed E-state index contributed by atoms with van der Waals surface area (Å²) in [4.78, 5) is 27.7. The predicted molar refractivity (Wildman–Crippen MR) is 121 cm³/mol. The monoisotopic (exact) mass is 477 g/mol. The van der Waals surface area contributed by atoms with Gasteiger partial charge >= 0.3 is 13.7 Å². The van der Waals surface area contributed by atoms with E-state index in [0.29, 0.717) is 44.5 Å². The van der Waals surface area contributed by atoms with Gasteiger partial charge in [-0.1, -0.05) is 12.1 Å². The third kappa shape index (κ3) is 7.47. The Morgan fingerprint density at radius 2 is 1.48 bits per heavy atom. The molecule has 2 N–H and O–H groups in total. The van der Waals surface area contributed by atoms with E-state index in [-0.39, 0.29) is 37.6 Å². The SMILES string of the molecule is CCOC(=O)N1CCN(C(=O)C(N)Cc2ccc(P(=O)(OCC)OCC)cc2)CC1.Cl. The molecule has 1 aliphatic rings. The Morgan fingerprint density at radius 3 is 1.97 bits per heavy atom. The van der Waals surface area contributed by atoms with Crippen LogP contribution in [0.15, 0.2) is 24.3 Å². The summed E-state index contributed by atoms with van der Waals surface area (Å²) in [6, 6.07) is 6.25. The van der Waals surface area contributed by atoms with Gasteiger partial charge < -0.3 is 29.3 Å². The number of halogens is 1. The van der Waals surface area contributed by atoms with Crippen molar-refractivity contribution < 1.29 is 27.9 Å². The normalized spacial score (nSPS) is 15.2. The van der Waals surface area contributed by atoms with Crippen LogP contribution in [0, 0.1) is 0 Å². The first-order valence-corrected chi connectivity index (χ1v) is 11.8. The molecule has 2 amide bonds. The molecule has 11 heteroatoms. The Hall–Kier alpha value is -1.64. The van der Waals surface area contributed by atoms with E-state index in [1.54, 1.807) is 54.8 Å². The van der Waals surface area contributed by atoms with Gasteiger partial charge in [-0.25, -0.2) is 4.79 Å². The third-order valence-electron chi connectivity index (χ3n) is 4.74. The van der Waals surface area contributed by atoms with Gasteiger partial charge in [0, 0.05) is 26.2 Å². The number of carbonyl (C=O) groups is 2. The lowest BCUT2D eigenvalue weighted by Gasteiger charge is -2.35. The zero-order valence-electron chi connectivity index (χ0n) is 18.3. The first-order chi connectivity index (χ1) is 14.3. The fraction of sp³-hybridized carbons (Fsp3) is 0.600. The van der Waals surface area contributed by atoms with Gasteiger partial charge in [-0.05, 0) is 44.9 Å². The summed E-state index contributed by atoms with van der Waals surface area (Å²) < 4.78 is 28.5. The smallest absolute Gasteiger partial charge is 0.409 e. The number of piperazine rings is 1. The molecule has 176 valence electrons. The number of hydrogen-bond acceptors (Lipinski definition) is 7. The van der Waals surface area contributed by atoms with Gasteiger partial charge in [-0.15, -0.1) is 12.4 Å². The number of amides is 2. The van der Waals surface area contributed by atoms with Gasteiger partial charge in [0.25, 0.3) is 0 Å². The molecule has 0 bridgehead atoms. The second kappa shape index (κ2) is 13.0. The number of benzene rings is 1. The average Bonchev–Trinajstić information content (AvgIpc) is 2.74. The zero-order valence-corrected chi connectivity index (χ0v) is 20.0. The molecule has 1 aromatic carbocycles. The second-order valence-corrected chi connectivity index (χ2v) is 8.85. The van der Waals surface area contributed by atoms with Crippen molar-refractivity contribution in [1.82, 2.24) is 9.80 Å². The molecule has 2 rings (SSSR count). The van der Waals surface area contributed by atoms with E-state index in [0.717, 1.165) is 5.56 Å². The summed E-state index contributed by atoms with van der Waals surface area (Å²) in [6.07, 6.45) is -0.00417. The highest BCUT2D eigenvalue weighted by Crippen LogP contribution is 2.46. The maximum Gasteiger partial charge on any atom is 0.409 e. The Kier molecular flexibility index (Phi) is 11.5. The van der Waals surface area contributed by atoms with Gasteiger partial charge in [-0.3, -0.25) is 9.36 Å². The van der Waals surface area contributed by atoms with E-state index < -0.39 is 13.6 Å². The van der Waals surface area contributed by atoms with Gasteiger partial charge in [0.2, 0.25) is 5.91 Å². The van der Waals surface area contributed by atoms with Crippen LogP contribution in [-0.2, 0) is 29.6 Å². The fourth-order valence-corrected chi connectivity index (χ4v) is 4.81. The Balaban J connectivity index is 0.00000480. The molecule has 0 radical (unpaired) electrons. The topological polar surface area (TPSA) is 111 Å². The van der Waals surface area contributed by atoms with Gasteiger partial charge in [0.15, 0.2) is 0 Å². The van der Waals surface area contributed by atoms with Crippen molar-refractivity contribution in [3.63, 3.8) is 0 Å². The molecule has 1 saturated heterocycles. The number of nitrogens with two attached hydrogens (primary N) is 1. The van der Waals surface area contributed by atoms with Crippen LogP contribution in [0.3, 0.4) is 0 Å². The Labute approximate surface area is 190 Å². The van der Waals surface area contributed by atoms with Gasteiger partial charge in [0.1, 0.15) is 0 Å². The molecule has 9 nitrogen and oxygen atoms in total.